The molecule has 1 aliphatic heterocycles. The number of rotatable bonds is 6. The van der Waals surface area contributed by atoms with Crippen LogP contribution in [0.5, 0.6) is 0 Å². The molecule has 0 radical (unpaired) electrons. The van der Waals surface area contributed by atoms with Crippen LogP contribution in [0.1, 0.15) is 24.8 Å². The van der Waals surface area contributed by atoms with Crippen LogP contribution >= 0.6 is 0 Å². The molecule has 112 valence electrons. The Balaban J connectivity index is 1.47. The minimum atomic E-state index is 0.0916. The van der Waals surface area contributed by atoms with E-state index in [1.54, 1.807) is 0 Å². The summed E-state index contributed by atoms with van der Waals surface area (Å²) in [6.45, 7) is 2.39. The number of nitrogens with one attached hydrogen (secondary N) is 3. The van der Waals surface area contributed by atoms with Crippen LogP contribution in [0.4, 0.5) is 5.69 Å². The normalized spacial score (nSPS) is 17.9. The molecule has 1 aliphatic carbocycles. The summed E-state index contributed by atoms with van der Waals surface area (Å²) in [6, 6.07) is 7.66. The summed E-state index contributed by atoms with van der Waals surface area (Å²) in [6.07, 6.45) is 2.58. The Morgan fingerprint density at radius 3 is 2.71 bits per heavy atom. The third-order valence-electron chi connectivity index (χ3n) is 3.97. The molecular weight excluding hydrogens is 266 g/mol. The van der Waals surface area contributed by atoms with Crippen molar-refractivity contribution >= 4 is 17.5 Å². The molecule has 1 saturated carbocycles. The minimum Gasteiger partial charge on any atom is -0.352 e. The van der Waals surface area contributed by atoms with Gasteiger partial charge in [-0.2, -0.15) is 0 Å². The summed E-state index contributed by atoms with van der Waals surface area (Å²) in [5, 5.41) is 9.02. The van der Waals surface area contributed by atoms with Crippen molar-refractivity contribution in [1.29, 1.82) is 0 Å². The van der Waals surface area contributed by atoms with Crippen LogP contribution < -0.4 is 16.0 Å². The smallest absolute Gasteiger partial charge is 0.227 e. The molecule has 5 heteroatoms. The first kappa shape index (κ1) is 14.1. The van der Waals surface area contributed by atoms with Gasteiger partial charge < -0.3 is 16.0 Å². The van der Waals surface area contributed by atoms with E-state index >= 15 is 0 Å². The number of hydrogen-bond donors (Lipinski definition) is 3. The van der Waals surface area contributed by atoms with Crippen molar-refractivity contribution in [2.75, 3.05) is 18.4 Å². The lowest BCUT2D eigenvalue weighted by molar-refractivity contribution is -0.122. The largest absolute Gasteiger partial charge is 0.352 e. The van der Waals surface area contributed by atoms with E-state index in [-0.39, 0.29) is 17.7 Å². The minimum absolute atomic E-state index is 0.0916. The number of amides is 2. The standard InChI is InChI=1S/C16H21N3O2/c20-15(7-12-8-17-9-12)18-10-11-2-1-3-14(6-11)19-16(21)13-4-5-13/h1-3,6,12-13,17H,4-5,7-10H2,(H,18,20)(H,19,21). The molecule has 21 heavy (non-hydrogen) atoms. The highest BCUT2D eigenvalue weighted by atomic mass is 16.2. The number of anilines is 1. The molecule has 1 saturated heterocycles. The number of carbonyl (C=O) groups excluding carboxylic acids is 2. The number of carbonyl (C=O) groups is 2. The van der Waals surface area contributed by atoms with Crippen molar-refractivity contribution in [3.63, 3.8) is 0 Å². The average molecular weight is 287 g/mol. The number of hydrogen-bond acceptors (Lipinski definition) is 3. The third-order valence-corrected chi connectivity index (χ3v) is 3.97. The molecule has 5 nitrogen and oxygen atoms in total. The van der Waals surface area contributed by atoms with Crippen LogP contribution in [-0.4, -0.2) is 24.9 Å². The second-order valence-corrected chi connectivity index (χ2v) is 5.97. The maximum atomic E-state index is 11.8. The topological polar surface area (TPSA) is 70.2 Å². The predicted octanol–water partition coefficient (Wildman–Crippen LogP) is 1.26. The van der Waals surface area contributed by atoms with E-state index in [1.807, 2.05) is 24.3 Å². The van der Waals surface area contributed by atoms with E-state index in [4.69, 9.17) is 0 Å². The fourth-order valence-corrected chi connectivity index (χ4v) is 2.38. The van der Waals surface area contributed by atoms with Crippen LogP contribution in [0.2, 0.25) is 0 Å². The lowest BCUT2D eigenvalue weighted by Gasteiger charge is -2.26. The van der Waals surface area contributed by atoms with Gasteiger partial charge in [-0.05, 0) is 49.5 Å². The molecule has 2 amide bonds. The molecular formula is C16H21N3O2. The highest BCUT2D eigenvalue weighted by molar-refractivity contribution is 5.94. The lowest BCUT2D eigenvalue weighted by Crippen LogP contribution is -2.44. The first-order valence-electron chi connectivity index (χ1n) is 7.58. The molecule has 2 aliphatic rings. The Bertz CT molecular complexity index is 536. The zero-order valence-electron chi connectivity index (χ0n) is 12.0. The van der Waals surface area contributed by atoms with Crippen molar-refractivity contribution < 1.29 is 9.59 Å². The van der Waals surface area contributed by atoms with E-state index in [9.17, 15) is 9.59 Å². The van der Waals surface area contributed by atoms with Gasteiger partial charge in [-0.15, -0.1) is 0 Å². The molecule has 0 spiro atoms. The highest BCUT2D eigenvalue weighted by Crippen LogP contribution is 2.30. The van der Waals surface area contributed by atoms with Gasteiger partial charge in [0.05, 0.1) is 0 Å². The van der Waals surface area contributed by atoms with Crippen LogP contribution in [0, 0.1) is 11.8 Å². The lowest BCUT2D eigenvalue weighted by atomic mass is 9.99. The second-order valence-electron chi connectivity index (χ2n) is 5.97. The fraction of sp³-hybridized carbons (Fsp3) is 0.500. The zero-order chi connectivity index (χ0) is 14.7. The van der Waals surface area contributed by atoms with Crippen molar-refractivity contribution in [3.8, 4) is 0 Å². The van der Waals surface area contributed by atoms with Gasteiger partial charge in [0.1, 0.15) is 0 Å². The molecule has 0 aromatic heterocycles. The quantitative estimate of drug-likeness (QED) is 0.738. The Hall–Kier alpha value is -1.88. The van der Waals surface area contributed by atoms with Gasteiger partial charge in [-0.1, -0.05) is 12.1 Å². The van der Waals surface area contributed by atoms with Crippen molar-refractivity contribution in [1.82, 2.24) is 10.6 Å². The van der Waals surface area contributed by atoms with Gasteiger partial charge >= 0.3 is 0 Å². The summed E-state index contributed by atoms with van der Waals surface area (Å²) in [7, 11) is 0. The highest BCUT2D eigenvalue weighted by Gasteiger charge is 2.29. The Labute approximate surface area is 124 Å². The molecule has 2 fully saturated rings. The molecule has 1 aromatic carbocycles. The van der Waals surface area contributed by atoms with Crippen LogP contribution in [0.15, 0.2) is 24.3 Å². The van der Waals surface area contributed by atoms with Crippen molar-refractivity contribution in [2.45, 2.75) is 25.8 Å². The molecule has 0 bridgehead atoms. The molecule has 0 atom stereocenters. The van der Waals surface area contributed by atoms with Crippen LogP contribution in [0.3, 0.4) is 0 Å². The van der Waals surface area contributed by atoms with Crippen LogP contribution in [0.25, 0.3) is 0 Å². The Kier molecular flexibility index (Phi) is 4.20. The summed E-state index contributed by atoms with van der Waals surface area (Å²) in [5.74, 6) is 0.876. The van der Waals surface area contributed by atoms with Gasteiger partial charge in [0.2, 0.25) is 11.8 Å². The van der Waals surface area contributed by atoms with Gasteiger partial charge in [-0.3, -0.25) is 9.59 Å². The van der Waals surface area contributed by atoms with Gasteiger partial charge in [-0.25, -0.2) is 0 Å². The van der Waals surface area contributed by atoms with E-state index in [0.29, 0.717) is 18.9 Å². The maximum Gasteiger partial charge on any atom is 0.227 e. The fourth-order valence-electron chi connectivity index (χ4n) is 2.38. The Morgan fingerprint density at radius 2 is 2.05 bits per heavy atom. The molecule has 0 unspecified atom stereocenters. The van der Waals surface area contributed by atoms with E-state index in [0.717, 1.165) is 37.2 Å². The first-order valence-corrected chi connectivity index (χ1v) is 7.58. The number of benzene rings is 1. The SMILES string of the molecule is O=C(CC1CNC1)NCc1cccc(NC(=O)C2CC2)c1. The monoisotopic (exact) mass is 287 g/mol. The van der Waals surface area contributed by atoms with E-state index in [1.165, 1.54) is 0 Å². The summed E-state index contributed by atoms with van der Waals surface area (Å²) < 4.78 is 0. The Morgan fingerprint density at radius 1 is 1.24 bits per heavy atom. The van der Waals surface area contributed by atoms with Crippen LogP contribution in [-0.2, 0) is 16.1 Å². The average Bonchev–Trinajstić information content (AvgIpc) is 3.25. The second kappa shape index (κ2) is 6.26. The summed E-state index contributed by atoms with van der Waals surface area (Å²) in [5.41, 5.74) is 1.81. The van der Waals surface area contributed by atoms with Crippen molar-refractivity contribution in [3.05, 3.63) is 29.8 Å². The molecule has 1 heterocycles. The molecule has 3 rings (SSSR count). The summed E-state index contributed by atoms with van der Waals surface area (Å²) in [4.78, 5) is 23.5. The predicted molar refractivity (Wildman–Crippen MR) is 80.6 cm³/mol. The van der Waals surface area contributed by atoms with Crippen molar-refractivity contribution in [2.24, 2.45) is 11.8 Å². The first-order chi connectivity index (χ1) is 10.2. The van der Waals surface area contributed by atoms with Gasteiger partial charge in [0, 0.05) is 24.6 Å². The van der Waals surface area contributed by atoms with Gasteiger partial charge in [0.15, 0.2) is 0 Å². The third kappa shape index (κ3) is 4.04. The summed E-state index contributed by atoms with van der Waals surface area (Å²) >= 11 is 0. The maximum absolute atomic E-state index is 11.8. The molecule has 1 aromatic rings. The van der Waals surface area contributed by atoms with E-state index in [2.05, 4.69) is 16.0 Å². The van der Waals surface area contributed by atoms with Gasteiger partial charge in [0.25, 0.3) is 0 Å². The molecule has 3 N–H and O–H groups in total. The van der Waals surface area contributed by atoms with E-state index < -0.39 is 0 Å². The zero-order valence-corrected chi connectivity index (χ0v) is 12.0.